The second-order valence-electron chi connectivity index (χ2n) is 4.19. The van der Waals surface area contributed by atoms with Gasteiger partial charge in [0.1, 0.15) is 0 Å². The Balaban J connectivity index is 1.79. The number of rotatable bonds is 5. The van der Waals surface area contributed by atoms with E-state index in [0.29, 0.717) is 6.04 Å². The van der Waals surface area contributed by atoms with Crippen molar-refractivity contribution < 1.29 is 0 Å². The van der Waals surface area contributed by atoms with Crippen LogP contribution < -0.4 is 5.32 Å². The minimum Gasteiger partial charge on any atom is -0.310 e. The molecule has 0 bridgehead atoms. The first-order valence-corrected chi connectivity index (χ1v) is 5.87. The third-order valence-corrected chi connectivity index (χ3v) is 2.78. The monoisotopic (exact) mass is 230 g/mol. The van der Waals surface area contributed by atoms with Crippen LogP contribution >= 0.6 is 0 Å². The van der Waals surface area contributed by atoms with E-state index in [0.717, 1.165) is 18.7 Å². The van der Waals surface area contributed by atoms with Crippen LogP contribution in [0.5, 0.6) is 0 Å². The largest absolute Gasteiger partial charge is 0.310 e. The molecule has 0 spiro atoms. The first kappa shape index (κ1) is 11.8. The average Bonchev–Trinajstić information content (AvgIpc) is 2.77. The minimum absolute atomic E-state index is 0.326. The number of pyridine rings is 1. The molecule has 0 aliphatic carbocycles. The summed E-state index contributed by atoms with van der Waals surface area (Å²) >= 11 is 0. The van der Waals surface area contributed by atoms with Crippen LogP contribution in [0.15, 0.2) is 36.8 Å². The van der Waals surface area contributed by atoms with Crippen molar-refractivity contribution in [3.8, 4) is 0 Å². The number of hydrogen-bond acceptors (Lipinski definition) is 3. The zero-order valence-corrected chi connectivity index (χ0v) is 10.3. The fourth-order valence-corrected chi connectivity index (χ4v) is 1.74. The molecule has 90 valence electrons. The first-order chi connectivity index (χ1) is 8.25. The van der Waals surface area contributed by atoms with Gasteiger partial charge in [0.25, 0.3) is 0 Å². The number of aromatic nitrogens is 3. The molecule has 1 N–H and O–H groups in total. The van der Waals surface area contributed by atoms with E-state index in [4.69, 9.17) is 0 Å². The van der Waals surface area contributed by atoms with Crippen molar-refractivity contribution in [1.82, 2.24) is 20.1 Å². The fraction of sp³-hybridized carbons (Fsp3) is 0.385. The molecule has 4 nitrogen and oxygen atoms in total. The lowest BCUT2D eigenvalue weighted by Gasteiger charge is -2.11. The van der Waals surface area contributed by atoms with E-state index in [9.17, 15) is 0 Å². The summed E-state index contributed by atoms with van der Waals surface area (Å²) in [6.45, 7) is 3.07. The molecule has 17 heavy (non-hydrogen) atoms. The first-order valence-electron chi connectivity index (χ1n) is 5.87. The topological polar surface area (TPSA) is 42.7 Å². The second kappa shape index (κ2) is 5.59. The number of hydrogen-bond donors (Lipinski definition) is 1. The van der Waals surface area contributed by atoms with Gasteiger partial charge < -0.3 is 5.32 Å². The Morgan fingerprint density at radius 1 is 1.41 bits per heavy atom. The molecule has 0 fully saturated rings. The Kier molecular flexibility index (Phi) is 3.88. The smallest absolute Gasteiger partial charge is 0.0537 e. The summed E-state index contributed by atoms with van der Waals surface area (Å²) in [5.74, 6) is 0. The van der Waals surface area contributed by atoms with Gasteiger partial charge in [-0.15, -0.1) is 0 Å². The standard InChI is InChI=1S/C13H18N4/c1-11(12-9-16-17(2)10-12)14-8-6-13-5-3-4-7-15-13/h3-5,7,9-11,14H,6,8H2,1-2H3. The number of aryl methyl sites for hydroxylation is 1. The van der Waals surface area contributed by atoms with Gasteiger partial charge >= 0.3 is 0 Å². The van der Waals surface area contributed by atoms with Crippen LogP contribution in [0.2, 0.25) is 0 Å². The molecule has 2 heterocycles. The van der Waals surface area contributed by atoms with Crippen molar-refractivity contribution in [1.29, 1.82) is 0 Å². The Morgan fingerprint density at radius 3 is 2.94 bits per heavy atom. The van der Waals surface area contributed by atoms with Gasteiger partial charge in [0.05, 0.1) is 6.20 Å². The van der Waals surface area contributed by atoms with Gasteiger partial charge in [-0.2, -0.15) is 5.10 Å². The van der Waals surface area contributed by atoms with E-state index in [1.165, 1.54) is 5.56 Å². The Hall–Kier alpha value is -1.68. The molecule has 0 aromatic carbocycles. The molecule has 1 unspecified atom stereocenters. The molecule has 4 heteroatoms. The Bertz CT molecular complexity index is 449. The van der Waals surface area contributed by atoms with Crippen molar-refractivity contribution in [3.63, 3.8) is 0 Å². The van der Waals surface area contributed by atoms with Gasteiger partial charge in [-0.3, -0.25) is 9.67 Å². The van der Waals surface area contributed by atoms with Crippen molar-refractivity contribution >= 4 is 0 Å². The Labute approximate surface area is 102 Å². The summed E-state index contributed by atoms with van der Waals surface area (Å²) in [6.07, 6.45) is 6.72. The van der Waals surface area contributed by atoms with Crippen LogP contribution in [0.25, 0.3) is 0 Å². The maximum absolute atomic E-state index is 4.30. The maximum atomic E-state index is 4.30. The van der Waals surface area contributed by atoms with Crippen molar-refractivity contribution in [2.75, 3.05) is 6.54 Å². The van der Waals surface area contributed by atoms with Gasteiger partial charge in [-0.1, -0.05) is 6.07 Å². The molecule has 0 saturated heterocycles. The molecule has 0 amide bonds. The number of nitrogens with one attached hydrogen (secondary N) is 1. The third kappa shape index (κ3) is 3.39. The molecule has 2 rings (SSSR count). The lowest BCUT2D eigenvalue weighted by Crippen LogP contribution is -2.21. The summed E-state index contributed by atoms with van der Waals surface area (Å²) < 4.78 is 1.83. The van der Waals surface area contributed by atoms with E-state index in [1.807, 2.05) is 42.5 Å². The van der Waals surface area contributed by atoms with Gasteiger partial charge in [0.2, 0.25) is 0 Å². The normalized spacial score (nSPS) is 12.6. The van der Waals surface area contributed by atoms with Crippen LogP contribution in [-0.4, -0.2) is 21.3 Å². The molecule has 0 radical (unpaired) electrons. The quantitative estimate of drug-likeness (QED) is 0.850. The summed E-state index contributed by atoms with van der Waals surface area (Å²) in [5.41, 5.74) is 2.34. The molecule has 2 aromatic heterocycles. The summed E-state index contributed by atoms with van der Waals surface area (Å²) in [4.78, 5) is 4.30. The van der Waals surface area contributed by atoms with Crippen LogP contribution in [0.1, 0.15) is 24.2 Å². The van der Waals surface area contributed by atoms with Crippen molar-refractivity contribution in [2.45, 2.75) is 19.4 Å². The van der Waals surface area contributed by atoms with E-state index in [-0.39, 0.29) is 0 Å². The predicted molar refractivity (Wildman–Crippen MR) is 67.6 cm³/mol. The molecule has 0 aliphatic rings. The van der Waals surface area contributed by atoms with Crippen LogP contribution in [0.4, 0.5) is 0 Å². The van der Waals surface area contributed by atoms with Gasteiger partial charge in [0.15, 0.2) is 0 Å². The Morgan fingerprint density at radius 2 is 2.29 bits per heavy atom. The van der Waals surface area contributed by atoms with E-state index in [1.54, 1.807) is 0 Å². The second-order valence-corrected chi connectivity index (χ2v) is 4.19. The van der Waals surface area contributed by atoms with E-state index in [2.05, 4.69) is 28.4 Å². The highest BCUT2D eigenvalue weighted by molar-refractivity contribution is 5.09. The number of nitrogens with zero attached hydrogens (tertiary/aromatic N) is 3. The SMILES string of the molecule is CC(NCCc1ccccn1)c1cnn(C)c1. The summed E-state index contributed by atoms with van der Waals surface area (Å²) in [5, 5.41) is 7.64. The maximum Gasteiger partial charge on any atom is 0.0537 e. The zero-order valence-electron chi connectivity index (χ0n) is 10.3. The highest BCUT2D eigenvalue weighted by atomic mass is 15.2. The predicted octanol–water partition coefficient (Wildman–Crippen LogP) is 1.71. The summed E-state index contributed by atoms with van der Waals surface area (Å²) in [6, 6.07) is 6.34. The van der Waals surface area contributed by atoms with Crippen LogP contribution in [0.3, 0.4) is 0 Å². The molecule has 0 saturated carbocycles. The molecular formula is C13H18N4. The molecule has 2 aromatic rings. The van der Waals surface area contributed by atoms with Crippen molar-refractivity contribution in [3.05, 3.63) is 48.0 Å². The third-order valence-electron chi connectivity index (χ3n) is 2.78. The molecule has 1 atom stereocenters. The highest BCUT2D eigenvalue weighted by Crippen LogP contribution is 2.09. The van der Waals surface area contributed by atoms with Crippen LogP contribution in [-0.2, 0) is 13.5 Å². The highest BCUT2D eigenvalue weighted by Gasteiger charge is 2.06. The van der Waals surface area contributed by atoms with Crippen molar-refractivity contribution in [2.24, 2.45) is 7.05 Å². The molecular weight excluding hydrogens is 212 g/mol. The van der Waals surface area contributed by atoms with Gasteiger partial charge in [-0.25, -0.2) is 0 Å². The average molecular weight is 230 g/mol. The van der Waals surface area contributed by atoms with Gasteiger partial charge in [0, 0.05) is 49.7 Å². The minimum atomic E-state index is 0.326. The zero-order chi connectivity index (χ0) is 12.1. The lowest BCUT2D eigenvalue weighted by atomic mass is 10.2. The summed E-state index contributed by atoms with van der Waals surface area (Å²) in [7, 11) is 1.93. The van der Waals surface area contributed by atoms with Gasteiger partial charge in [-0.05, 0) is 19.1 Å². The lowest BCUT2D eigenvalue weighted by molar-refractivity contribution is 0.573. The molecule has 0 aliphatic heterocycles. The fourth-order valence-electron chi connectivity index (χ4n) is 1.74. The van der Waals surface area contributed by atoms with E-state index < -0.39 is 0 Å². The van der Waals surface area contributed by atoms with Crippen LogP contribution in [0, 0.1) is 0 Å². The van der Waals surface area contributed by atoms with E-state index >= 15 is 0 Å².